The van der Waals surface area contributed by atoms with Gasteiger partial charge in [0.25, 0.3) is 0 Å². The van der Waals surface area contributed by atoms with Crippen LogP contribution in [0.2, 0.25) is 0 Å². The molecule has 0 saturated carbocycles. The second-order valence-electron chi connectivity index (χ2n) is 6.34. The van der Waals surface area contributed by atoms with Crippen molar-refractivity contribution in [3.63, 3.8) is 0 Å². The molecule has 134 valence electrons. The highest BCUT2D eigenvalue weighted by atomic mass is 32.2. The fourth-order valence-corrected chi connectivity index (χ4v) is 3.56. The highest BCUT2D eigenvalue weighted by molar-refractivity contribution is 7.99. The molecule has 0 bridgehead atoms. The molecule has 1 amide bonds. The van der Waals surface area contributed by atoms with E-state index in [0.717, 1.165) is 27.9 Å². The Morgan fingerprint density at radius 3 is 2.65 bits per heavy atom. The normalized spacial score (nSPS) is 10.8. The Morgan fingerprint density at radius 2 is 1.88 bits per heavy atom. The molecule has 1 aromatic heterocycles. The van der Waals surface area contributed by atoms with Crippen molar-refractivity contribution < 1.29 is 4.79 Å². The number of hydrogen-bond donors (Lipinski definition) is 2. The van der Waals surface area contributed by atoms with Crippen molar-refractivity contribution in [2.45, 2.75) is 26.1 Å². The predicted molar refractivity (Wildman–Crippen MR) is 108 cm³/mol. The summed E-state index contributed by atoms with van der Waals surface area (Å²) in [5.74, 6) is 0.950. The van der Waals surface area contributed by atoms with Gasteiger partial charge < -0.3 is 10.3 Å². The van der Waals surface area contributed by atoms with Gasteiger partial charge in [0.2, 0.25) is 5.91 Å². The van der Waals surface area contributed by atoms with Crippen LogP contribution >= 0.6 is 11.8 Å². The summed E-state index contributed by atoms with van der Waals surface area (Å²) in [5.41, 5.74) is 5.07. The standard InChI is InChI=1S/C21H22N2O2S/c1-14-8-9-18-19(24)10-17(23-21(18)15(14)2)12-26-13-20(25)22-11-16-6-4-3-5-7-16/h3-10H,11-13H2,1-2H3,(H,22,25)(H,23,24). The molecule has 0 radical (unpaired) electrons. The zero-order valence-electron chi connectivity index (χ0n) is 15.0. The van der Waals surface area contributed by atoms with Crippen molar-refractivity contribution in [2.24, 2.45) is 0 Å². The van der Waals surface area contributed by atoms with E-state index >= 15 is 0 Å². The number of rotatable bonds is 6. The van der Waals surface area contributed by atoms with Crippen LogP contribution in [0.3, 0.4) is 0 Å². The predicted octanol–water partition coefficient (Wildman–Crippen LogP) is 3.69. The molecule has 1 heterocycles. The first-order valence-electron chi connectivity index (χ1n) is 8.55. The van der Waals surface area contributed by atoms with E-state index in [-0.39, 0.29) is 11.3 Å². The van der Waals surface area contributed by atoms with Crippen LogP contribution in [-0.4, -0.2) is 16.6 Å². The van der Waals surface area contributed by atoms with Crippen LogP contribution < -0.4 is 10.7 Å². The lowest BCUT2D eigenvalue weighted by molar-refractivity contribution is -0.118. The number of hydrogen-bond acceptors (Lipinski definition) is 3. The van der Waals surface area contributed by atoms with Gasteiger partial charge in [-0.05, 0) is 36.6 Å². The lowest BCUT2D eigenvalue weighted by Gasteiger charge is -2.09. The molecule has 2 aromatic carbocycles. The number of benzene rings is 2. The molecule has 0 unspecified atom stereocenters. The maximum Gasteiger partial charge on any atom is 0.230 e. The number of carbonyl (C=O) groups is 1. The maximum atomic E-state index is 12.3. The van der Waals surface area contributed by atoms with Crippen molar-refractivity contribution >= 4 is 28.6 Å². The van der Waals surface area contributed by atoms with E-state index in [1.165, 1.54) is 11.8 Å². The number of carbonyl (C=O) groups excluding carboxylic acids is 1. The number of aromatic nitrogens is 1. The van der Waals surface area contributed by atoms with Gasteiger partial charge in [0.05, 0.1) is 11.3 Å². The van der Waals surface area contributed by atoms with E-state index in [1.807, 2.05) is 56.3 Å². The second-order valence-corrected chi connectivity index (χ2v) is 7.33. The Morgan fingerprint density at radius 1 is 1.12 bits per heavy atom. The van der Waals surface area contributed by atoms with E-state index in [9.17, 15) is 9.59 Å². The second kappa shape index (κ2) is 8.23. The van der Waals surface area contributed by atoms with Gasteiger partial charge in [-0.3, -0.25) is 9.59 Å². The van der Waals surface area contributed by atoms with Crippen molar-refractivity contribution in [2.75, 3.05) is 5.75 Å². The molecule has 0 aliphatic heterocycles. The fourth-order valence-electron chi connectivity index (χ4n) is 2.79. The molecule has 0 spiro atoms. The third-order valence-electron chi connectivity index (χ3n) is 4.42. The van der Waals surface area contributed by atoms with Crippen LogP contribution in [0.4, 0.5) is 0 Å². The summed E-state index contributed by atoms with van der Waals surface area (Å²) in [6, 6.07) is 15.3. The van der Waals surface area contributed by atoms with Crippen molar-refractivity contribution in [3.8, 4) is 0 Å². The van der Waals surface area contributed by atoms with Gasteiger partial charge in [0, 0.05) is 29.4 Å². The quantitative estimate of drug-likeness (QED) is 0.699. The number of H-pyrrole nitrogens is 1. The van der Waals surface area contributed by atoms with Crippen molar-refractivity contribution in [1.82, 2.24) is 10.3 Å². The minimum absolute atomic E-state index is 0.00554. The molecular weight excluding hydrogens is 344 g/mol. The Bertz CT molecular complexity index is 980. The Kier molecular flexibility index (Phi) is 5.78. The van der Waals surface area contributed by atoms with Crippen LogP contribution in [-0.2, 0) is 17.1 Å². The van der Waals surface area contributed by atoms with E-state index in [0.29, 0.717) is 23.4 Å². The minimum atomic E-state index is -0.00554. The summed E-state index contributed by atoms with van der Waals surface area (Å²) < 4.78 is 0. The number of nitrogens with one attached hydrogen (secondary N) is 2. The summed E-state index contributed by atoms with van der Waals surface area (Å²) in [4.78, 5) is 27.6. The van der Waals surface area contributed by atoms with E-state index in [1.54, 1.807) is 6.07 Å². The zero-order chi connectivity index (χ0) is 18.5. The van der Waals surface area contributed by atoms with Crippen molar-refractivity contribution in [1.29, 1.82) is 0 Å². The highest BCUT2D eigenvalue weighted by Crippen LogP contribution is 2.19. The number of pyridine rings is 1. The average Bonchev–Trinajstić information content (AvgIpc) is 2.64. The summed E-state index contributed by atoms with van der Waals surface area (Å²) in [6.45, 7) is 4.58. The van der Waals surface area contributed by atoms with Crippen molar-refractivity contribution in [3.05, 3.63) is 81.1 Å². The largest absolute Gasteiger partial charge is 0.357 e. The van der Waals surface area contributed by atoms with E-state index in [2.05, 4.69) is 10.3 Å². The molecule has 5 heteroatoms. The Balaban J connectivity index is 1.58. The van der Waals surface area contributed by atoms with Gasteiger partial charge in [0.15, 0.2) is 5.43 Å². The molecule has 0 saturated heterocycles. The molecule has 0 fully saturated rings. The number of aryl methyl sites for hydroxylation is 2. The molecule has 0 aliphatic carbocycles. The van der Waals surface area contributed by atoms with Crippen LogP contribution in [0, 0.1) is 13.8 Å². The van der Waals surface area contributed by atoms with Crippen LogP contribution in [0.25, 0.3) is 10.9 Å². The molecule has 2 N–H and O–H groups in total. The zero-order valence-corrected chi connectivity index (χ0v) is 15.8. The first kappa shape index (κ1) is 18.3. The SMILES string of the molecule is Cc1ccc2c(=O)cc(CSCC(=O)NCc3ccccc3)[nH]c2c1C. The third kappa shape index (κ3) is 4.35. The molecule has 0 aliphatic rings. The van der Waals surface area contributed by atoms with Gasteiger partial charge in [0.1, 0.15) is 0 Å². The third-order valence-corrected chi connectivity index (χ3v) is 5.40. The maximum absolute atomic E-state index is 12.3. The van der Waals surface area contributed by atoms with Crippen LogP contribution in [0.1, 0.15) is 22.4 Å². The summed E-state index contributed by atoms with van der Waals surface area (Å²) >= 11 is 1.49. The number of amides is 1. The molecule has 3 rings (SSSR count). The van der Waals surface area contributed by atoms with Crippen LogP contribution in [0.15, 0.2) is 53.3 Å². The molecular formula is C21H22N2O2S. The van der Waals surface area contributed by atoms with Gasteiger partial charge in [-0.1, -0.05) is 36.4 Å². The first-order chi connectivity index (χ1) is 12.5. The lowest BCUT2D eigenvalue weighted by Crippen LogP contribution is -2.24. The molecule has 26 heavy (non-hydrogen) atoms. The summed E-state index contributed by atoms with van der Waals surface area (Å²) in [6.07, 6.45) is 0. The summed E-state index contributed by atoms with van der Waals surface area (Å²) in [7, 11) is 0. The number of fused-ring (bicyclic) bond motifs is 1. The average molecular weight is 366 g/mol. The van der Waals surface area contributed by atoms with Crippen LogP contribution in [0.5, 0.6) is 0 Å². The highest BCUT2D eigenvalue weighted by Gasteiger charge is 2.08. The first-order valence-corrected chi connectivity index (χ1v) is 9.70. The topological polar surface area (TPSA) is 62.0 Å². The van der Waals surface area contributed by atoms with E-state index in [4.69, 9.17) is 0 Å². The van der Waals surface area contributed by atoms with Gasteiger partial charge in [-0.25, -0.2) is 0 Å². The smallest absolute Gasteiger partial charge is 0.230 e. The summed E-state index contributed by atoms with van der Waals surface area (Å²) in [5, 5.41) is 3.62. The molecule has 4 nitrogen and oxygen atoms in total. The number of thioether (sulfide) groups is 1. The monoisotopic (exact) mass is 366 g/mol. The molecule has 3 aromatic rings. The number of aromatic amines is 1. The Labute approximate surface area is 157 Å². The fraction of sp³-hybridized carbons (Fsp3) is 0.238. The molecule has 0 atom stereocenters. The van der Waals surface area contributed by atoms with Gasteiger partial charge in [-0.15, -0.1) is 11.8 Å². The van der Waals surface area contributed by atoms with Gasteiger partial charge in [-0.2, -0.15) is 0 Å². The minimum Gasteiger partial charge on any atom is -0.357 e. The lowest BCUT2D eigenvalue weighted by atomic mass is 10.0. The van der Waals surface area contributed by atoms with E-state index < -0.39 is 0 Å². The van der Waals surface area contributed by atoms with Gasteiger partial charge >= 0.3 is 0 Å². The Hall–Kier alpha value is -2.53.